The van der Waals surface area contributed by atoms with Gasteiger partial charge in [0, 0.05) is 32.4 Å². The lowest BCUT2D eigenvalue weighted by Crippen LogP contribution is -2.39. The van der Waals surface area contributed by atoms with E-state index in [0.29, 0.717) is 36.8 Å². The van der Waals surface area contributed by atoms with Crippen molar-refractivity contribution in [3.8, 4) is 0 Å². The maximum absolute atomic E-state index is 12.4. The third kappa shape index (κ3) is 2.55. The molecule has 2 aliphatic heterocycles. The second-order valence-corrected chi connectivity index (χ2v) is 6.12. The van der Waals surface area contributed by atoms with Gasteiger partial charge in [0.25, 0.3) is 5.91 Å². The molecule has 1 aromatic heterocycles. The molecule has 2 amide bonds. The summed E-state index contributed by atoms with van der Waals surface area (Å²) < 4.78 is 5.43. The predicted octanol–water partition coefficient (Wildman–Crippen LogP) is 0.865. The summed E-state index contributed by atoms with van der Waals surface area (Å²) in [5.41, 5.74) is -0.0933. The van der Waals surface area contributed by atoms with Crippen LogP contribution in [0, 0.1) is 0 Å². The van der Waals surface area contributed by atoms with Crippen LogP contribution in [0.3, 0.4) is 0 Å². The minimum absolute atomic E-state index is 0.120. The molecule has 7 nitrogen and oxygen atoms in total. The third-order valence-electron chi connectivity index (χ3n) is 3.80. The molecule has 0 N–H and O–H groups in total. The number of likely N-dealkylation sites (tertiary alicyclic amines) is 1. The lowest BCUT2D eigenvalue weighted by Gasteiger charge is -2.21. The molecule has 0 saturated carbocycles. The standard InChI is InChI=1S/C13H16N4O3S/c1-16-7-13(20-12(16)19)3-4-17(8-13)10(18)9-5-14-11(21-2)15-6-9/h5-6H,3-4,7-8H2,1-2H3/t13-/m1/s1. The largest absolute Gasteiger partial charge is 0.439 e. The Labute approximate surface area is 126 Å². The minimum Gasteiger partial charge on any atom is -0.439 e. The highest BCUT2D eigenvalue weighted by Gasteiger charge is 2.49. The van der Waals surface area contributed by atoms with E-state index in [-0.39, 0.29) is 12.0 Å². The van der Waals surface area contributed by atoms with Crippen LogP contribution in [0.5, 0.6) is 0 Å². The molecular weight excluding hydrogens is 292 g/mol. The number of hydrogen-bond donors (Lipinski definition) is 0. The maximum Gasteiger partial charge on any atom is 0.410 e. The van der Waals surface area contributed by atoms with Crippen LogP contribution in [0.15, 0.2) is 17.6 Å². The summed E-state index contributed by atoms with van der Waals surface area (Å²) in [5.74, 6) is -0.120. The van der Waals surface area contributed by atoms with Gasteiger partial charge in [-0.05, 0) is 6.26 Å². The van der Waals surface area contributed by atoms with E-state index in [0.717, 1.165) is 0 Å². The van der Waals surface area contributed by atoms with Crippen molar-refractivity contribution < 1.29 is 14.3 Å². The van der Waals surface area contributed by atoms with Gasteiger partial charge in [0.1, 0.15) is 0 Å². The van der Waals surface area contributed by atoms with Crippen LogP contribution in [-0.2, 0) is 4.74 Å². The fourth-order valence-electron chi connectivity index (χ4n) is 2.74. The van der Waals surface area contributed by atoms with E-state index in [1.54, 1.807) is 29.2 Å². The van der Waals surface area contributed by atoms with Crippen molar-refractivity contribution in [3.05, 3.63) is 18.0 Å². The molecule has 21 heavy (non-hydrogen) atoms. The molecule has 2 saturated heterocycles. The normalized spacial score (nSPS) is 24.8. The first-order valence-corrected chi connectivity index (χ1v) is 7.85. The number of ether oxygens (including phenoxy) is 1. The number of hydrogen-bond acceptors (Lipinski definition) is 6. The van der Waals surface area contributed by atoms with Crippen molar-refractivity contribution in [2.24, 2.45) is 0 Å². The second kappa shape index (κ2) is 5.18. The molecule has 0 radical (unpaired) electrons. The van der Waals surface area contributed by atoms with Crippen molar-refractivity contribution in [3.63, 3.8) is 0 Å². The molecule has 2 aliphatic rings. The molecule has 0 bridgehead atoms. The van der Waals surface area contributed by atoms with Gasteiger partial charge in [-0.2, -0.15) is 0 Å². The summed E-state index contributed by atoms with van der Waals surface area (Å²) >= 11 is 1.43. The molecule has 1 aromatic rings. The fourth-order valence-corrected chi connectivity index (χ4v) is 3.05. The van der Waals surface area contributed by atoms with Crippen LogP contribution < -0.4 is 0 Å². The number of likely N-dealkylation sites (N-methyl/N-ethyl adjacent to an activating group) is 1. The molecule has 8 heteroatoms. The van der Waals surface area contributed by atoms with E-state index in [1.165, 1.54) is 11.8 Å². The maximum atomic E-state index is 12.4. The number of thioether (sulfide) groups is 1. The Balaban J connectivity index is 1.71. The first kappa shape index (κ1) is 14.1. The number of carbonyl (C=O) groups excluding carboxylic acids is 2. The van der Waals surface area contributed by atoms with Gasteiger partial charge >= 0.3 is 6.09 Å². The summed E-state index contributed by atoms with van der Waals surface area (Å²) in [6, 6.07) is 0. The van der Waals surface area contributed by atoms with E-state index in [1.807, 2.05) is 6.26 Å². The van der Waals surface area contributed by atoms with Gasteiger partial charge in [-0.25, -0.2) is 14.8 Å². The van der Waals surface area contributed by atoms with Crippen LogP contribution in [-0.4, -0.2) is 70.3 Å². The van der Waals surface area contributed by atoms with Gasteiger partial charge in [0.2, 0.25) is 0 Å². The highest BCUT2D eigenvalue weighted by Crippen LogP contribution is 2.32. The van der Waals surface area contributed by atoms with Crippen LogP contribution >= 0.6 is 11.8 Å². The quantitative estimate of drug-likeness (QED) is 0.596. The van der Waals surface area contributed by atoms with E-state index in [2.05, 4.69) is 9.97 Å². The highest BCUT2D eigenvalue weighted by molar-refractivity contribution is 7.98. The van der Waals surface area contributed by atoms with Gasteiger partial charge in [0.05, 0.1) is 18.7 Å². The summed E-state index contributed by atoms with van der Waals surface area (Å²) in [6.07, 6.45) is 5.31. The fraction of sp³-hybridized carbons (Fsp3) is 0.538. The summed E-state index contributed by atoms with van der Waals surface area (Å²) in [6.45, 7) is 1.52. The zero-order valence-electron chi connectivity index (χ0n) is 11.9. The van der Waals surface area contributed by atoms with Gasteiger partial charge in [-0.15, -0.1) is 0 Å². The molecule has 3 heterocycles. The van der Waals surface area contributed by atoms with Gasteiger partial charge in [0.15, 0.2) is 10.8 Å². The number of nitrogens with zero attached hydrogens (tertiary/aromatic N) is 4. The summed E-state index contributed by atoms with van der Waals surface area (Å²) in [4.78, 5) is 35.4. The molecule has 1 atom stereocenters. The Morgan fingerprint density at radius 2 is 2.10 bits per heavy atom. The Morgan fingerprint density at radius 1 is 1.38 bits per heavy atom. The lowest BCUT2D eigenvalue weighted by molar-refractivity contribution is 0.0552. The van der Waals surface area contributed by atoms with Crippen molar-refractivity contribution >= 4 is 23.8 Å². The zero-order chi connectivity index (χ0) is 15.0. The molecule has 1 spiro atoms. The lowest BCUT2D eigenvalue weighted by atomic mass is 10.0. The van der Waals surface area contributed by atoms with Crippen LogP contribution in [0.1, 0.15) is 16.8 Å². The first-order valence-electron chi connectivity index (χ1n) is 6.62. The van der Waals surface area contributed by atoms with Gasteiger partial charge < -0.3 is 14.5 Å². The number of amides is 2. The summed E-state index contributed by atoms with van der Waals surface area (Å²) in [5, 5.41) is 0.635. The van der Waals surface area contributed by atoms with Crippen molar-refractivity contribution in [1.29, 1.82) is 0 Å². The Kier molecular flexibility index (Phi) is 3.48. The van der Waals surface area contributed by atoms with E-state index in [4.69, 9.17) is 4.74 Å². The first-order chi connectivity index (χ1) is 10.0. The second-order valence-electron chi connectivity index (χ2n) is 5.34. The van der Waals surface area contributed by atoms with Gasteiger partial charge in [-0.3, -0.25) is 4.79 Å². The zero-order valence-corrected chi connectivity index (χ0v) is 12.7. The molecule has 112 valence electrons. The number of carbonyl (C=O) groups is 2. The molecular formula is C13H16N4O3S. The number of rotatable bonds is 2. The average molecular weight is 308 g/mol. The van der Waals surface area contributed by atoms with Crippen LogP contribution in [0.4, 0.5) is 4.79 Å². The molecule has 0 unspecified atom stereocenters. The molecule has 0 aromatic carbocycles. The highest BCUT2D eigenvalue weighted by atomic mass is 32.2. The van der Waals surface area contributed by atoms with E-state index < -0.39 is 5.60 Å². The average Bonchev–Trinajstić information content (AvgIpc) is 3.02. The molecule has 2 fully saturated rings. The monoisotopic (exact) mass is 308 g/mol. The minimum atomic E-state index is -0.554. The molecule has 0 aliphatic carbocycles. The van der Waals surface area contributed by atoms with Crippen molar-refractivity contribution in [2.45, 2.75) is 17.2 Å². The topological polar surface area (TPSA) is 75.6 Å². The van der Waals surface area contributed by atoms with E-state index in [9.17, 15) is 9.59 Å². The number of aromatic nitrogens is 2. The Hall–Kier alpha value is -1.83. The smallest absolute Gasteiger partial charge is 0.410 e. The Bertz CT molecular complexity index is 579. The van der Waals surface area contributed by atoms with Crippen molar-refractivity contribution in [2.75, 3.05) is 32.9 Å². The molecule has 3 rings (SSSR count). The third-order valence-corrected chi connectivity index (χ3v) is 4.38. The van der Waals surface area contributed by atoms with E-state index >= 15 is 0 Å². The predicted molar refractivity (Wildman–Crippen MR) is 76.2 cm³/mol. The SMILES string of the molecule is CSc1ncc(C(=O)N2CC[C@@]3(CN(C)C(=O)O3)C2)cn1. The van der Waals surface area contributed by atoms with Crippen LogP contribution in [0.25, 0.3) is 0 Å². The van der Waals surface area contributed by atoms with Crippen LogP contribution in [0.2, 0.25) is 0 Å². The van der Waals surface area contributed by atoms with Crippen molar-refractivity contribution in [1.82, 2.24) is 19.8 Å². The summed E-state index contributed by atoms with van der Waals surface area (Å²) in [7, 11) is 1.70. The Morgan fingerprint density at radius 3 is 2.67 bits per heavy atom. The van der Waals surface area contributed by atoms with Gasteiger partial charge in [-0.1, -0.05) is 11.8 Å².